The summed E-state index contributed by atoms with van der Waals surface area (Å²) in [6, 6.07) is 9.71. The summed E-state index contributed by atoms with van der Waals surface area (Å²) in [5, 5.41) is 5.80. The molecule has 2 aromatic rings. The lowest BCUT2D eigenvalue weighted by atomic mass is 9.78. The maximum atomic E-state index is 12.8. The first-order chi connectivity index (χ1) is 13.9. The molecule has 1 aromatic heterocycles. The number of carbonyl (C=O) groups is 2. The van der Waals surface area contributed by atoms with E-state index in [1.54, 1.807) is 6.92 Å². The third-order valence-electron chi connectivity index (χ3n) is 5.31. The van der Waals surface area contributed by atoms with Crippen LogP contribution in [0.15, 0.2) is 35.7 Å². The van der Waals surface area contributed by atoms with Crippen LogP contribution < -0.4 is 5.32 Å². The summed E-state index contributed by atoms with van der Waals surface area (Å²) >= 11 is 1.43. The third kappa shape index (κ3) is 3.74. The minimum Gasteiger partial charge on any atom is -0.459 e. The number of thiazole rings is 1. The smallest absolute Gasteiger partial charge is 0.324 e. The molecule has 8 heteroatoms. The number of nitrogens with zero attached hydrogens (tertiary/aromatic N) is 1. The average molecular weight is 416 g/mol. The number of aromatic nitrogens is 1. The molecule has 2 fully saturated rings. The Labute approximate surface area is 173 Å². The fourth-order valence-electron chi connectivity index (χ4n) is 3.89. The first kappa shape index (κ1) is 19.8. The number of carbonyl (C=O) groups excluding carboxylic acids is 2. The molecule has 4 rings (SSSR count). The fraction of sp³-hybridized carbons (Fsp3) is 0.476. The van der Waals surface area contributed by atoms with Crippen LogP contribution in [0.25, 0.3) is 0 Å². The van der Waals surface area contributed by atoms with E-state index < -0.39 is 29.1 Å². The summed E-state index contributed by atoms with van der Waals surface area (Å²) in [6.45, 7) is 4.71. The zero-order chi connectivity index (χ0) is 20.5. The normalized spacial score (nSPS) is 28.6. The van der Waals surface area contributed by atoms with E-state index in [0.29, 0.717) is 24.0 Å². The van der Waals surface area contributed by atoms with Crippen LogP contribution in [-0.2, 0) is 29.4 Å². The third-order valence-corrected chi connectivity index (χ3v) is 6.07. The summed E-state index contributed by atoms with van der Waals surface area (Å²) < 4.78 is 16.7. The molecule has 0 amide bonds. The zero-order valence-corrected chi connectivity index (χ0v) is 17.3. The fourth-order valence-corrected chi connectivity index (χ4v) is 4.74. The standard InChI is InChI=1S/C21H24N2O5S/c1-3-9-26-11-15-10-21(17(24)27-15)13-20(2,28-18(21)25)16-12-29-19(23-16)22-14-7-5-4-6-8-14/h4-8,12,15H,3,9-11,13H2,1-2H3,(H,22,23)/t15-,20+,21+/m1/s1. The van der Waals surface area contributed by atoms with Crippen molar-refractivity contribution in [3.63, 3.8) is 0 Å². The van der Waals surface area contributed by atoms with Gasteiger partial charge in [-0.05, 0) is 25.5 Å². The van der Waals surface area contributed by atoms with Gasteiger partial charge >= 0.3 is 11.9 Å². The molecular formula is C21H24N2O5S. The Balaban J connectivity index is 1.49. The van der Waals surface area contributed by atoms with E-state index in [2.05, 4.69) is 10.3 Å². The van der Waals surface area contributed by atoms with Crippen LogP contribution >= 0.6 is 11.3 Å². The van der Waals surface area contributed by atoms with Crippen molar-refractivity contribution in [1.82, 2.24) is 4.98 Å². The number of cyclic esters (lactones) is 2. The molecule has 3 atom stereocenters. The lowest BCUT2D eigenvalue weighted by Gasteiger charge is -2.20. The van der Waals surface area contributed by atoms with Crippen molar-refractivity contribution in [3.05, 3.63) is 41.4 Å². The van der Waals surface area contributed by atoms with Crippen molar-refractivity contribution < 1.29 is 23.8 Å². The van der Waals surface area contributed by atoms with E-state index in [1.165, 1.54) is 11.3 Å². The van der Waals surface area contributed by atoms with E-state index >= 15 is 0 Å². The monoisotopic (exact) mass is 416 g/mol. The lowest BCUT2D eigenvalue weighted by molar-refractivity contribution is -0.160. The van der Waals surface area contributed by atoms with Crippen molar-refractivity contribution in [3.8, 4) is 0 Å². The number of esters is 2. The van der Waals surface area contributed by atoms with E-state index in [-0.39, 0.29) is 12.8 Å². The first-order valence-corrected chi connectivity index (χ1v) is 10.6. The molecule has 1 aromatic carbocycles. The summed E-state index contributed by atoms with van der Waals surface area (Å²) in [7, 11) is 0. The maximum absolute atomic E-state index is 12.8. The summed E-state index contributed by atoms with van der Waals surface area (Å²) in [4.78, 5) is 30.0. The van der Waals surface area contributed by atoms with Gasteiger partial charge in [0.15, 0.2) is 16.1 Å². The Hall–Kier alpha value is -2.45. The number of nitrogens with one attached hydrogen (secondary N) is 1. The molecule has 3 heterocycles. The highest BCUT2D eigenvalue weighted by Gasteiger charge is 2.65. The number of rotatable bonds is 7. The summed E-state index contributed by atoms with van der Waals surface area (Å²) in [6.07, 6.45) is 0.962. The van der Waals surface area contributed by atoms with Gasteiger partial charge in [-0.25, -0.2) is 4.98 Å². The van der Waals surface area contributed by atoms with Crippen LogP contribution in [0.5, 0.6) is 0 Å². The van der Waals surface area contributed by atoms with Crippen LogP contribution in [0.2, 0.25) is 0 Å². The average Bonchev–Trinajstić information content (AvgIpc) is 3.35. The molecular weight excluding hydrogens is 392 g/mol. The van der Waals surface area contributed by atoms with Crippen molar-refractivity contribution >= 4 is 34.1 Å². The van der Waals surface area contributed by atoms with Crippen LogP contribution in [0.3, 0.4) is 0 Å². The Kier molecular flexibility index (Phi) is 5.31. The van der Waals surface area contributed by atoms with E-state index in [1.807, 2.05) is 42.6 Å². The Morgan fingerprint density at radius 1 is 1.28 bits per heavy atom. The Bertz CT molecular complexity index is 901. The van der Waals surface area contributed by atoms with Crippen molar-refractivity contribution in [2.24, 2.45) is 5.41 Å². The minimum absolute atomic E-state index is 0.219. The van der Waals surface area contributed by atoms with Gasteiger partial charge in [-0.2, -0.15) is 0 Å². The lowest BCUT2D eigenvalue weighted by Crippen LogP contribution is -2.32. The first-order valence-electron chi connectivity index (χ1n) is 9.75. The van der Waals surface area contributed by atoms with Crippen molar-refractivity contribution in [1.29, 1.82) is 0 Å². The summed E-state index contributed by atoms with van der Waals surface area (Å²) in [5.74, 6) is -1.05. The molecule has 1 spiro atoms. The zero-order valence-electron chi connectivity index (χ0n) is 16.5. The number of anilines is 2. The molecule has 0 radical (unpaired) electrons. The van der Waals surface area contributed by atoms with E-state index in [9.17, 15) is 9.59 Å². The second-order valence-corrected chi connectivity index (χ2v) is 8.57. The molecule has 0 saturated carbocycles. The highest BCUT2D eigenvalue weighted by molar-refractivity contribution is 7.13. The van der Waals surface area contributed by atoms with Gasteiger partial charge in [0.05, 0.1) is 12.3 Å². The number of benzene rings is 1. The van der Waals surface area contributed by atoms with Gasteiger partial charge in [-0.15, -0.1) is 11.3 Å². The van der Waals surface area contributed by atoms with Crippen molar-refractivity contribution in [2.75, 3.05) is 18.5 Å². The highest BCUT2D eigenvalue weighted by Crippen LogP contribution is 2.52. The van der Waals surface area contributed by atoms with Gasteiger partial charge in [0.25, 0.3) is 0 Å². The minimum atomic E-state index is -1.27. The molecule has 0 bridgehead atoms. The van der Waals surface area contributed by atoms with E-state index in [4.69, 9.17) is 14.2 Å². The number of para-hydroxylation sites is 1. The Morgan fingerprint density at radius 2 is 2.07 bits per heavy atom. The summed E-state index contributed by atoms with van der Waals surface area (Å²) in [5.41, 5.74) is -0.689. The number of ether oxygens (including phenoxy) is 3. The predicted octanol–water partition coefficient (Wildman–Crippen LogP) is 3.78. The second-order valence-electron chi connectivity index (χ2n) is 7.71. The molecule has 154 valence electrons. The SMILES string of the molecule is CCCOC[C@H]1C[C@]2(C[C@@](C)(c3csc(Nc4ccccc4)n3)OC2=O)C(=O)O1. The van der Waals surface area contributed by atoms with Gasteiger partial charge in [0, 0.05) is 30.5 Å². The molecule has 2 saturated heterocycles. The highest BCUT2D eigenvalue weighted by atomic mass is 32.1. The maximum Gasteiger partial charge on any atom is 0.324 e. The molecule has 2 aliphatic heterocycles. The van der Waals surface area contributed by atoms with E-state index in [0.717, 1.165) is 12.1 Å². The van der Waals surface area contributed by atoms with Gasteiger partial charge < -0.3 is 19.5 Å². The topological polar surface area (TPSA) is 86.8 Å². The van der Waals surface area contributed by atoms with Crippen LogP contribution in [-0.4, -0.2) is 36.2 Å². The molecule has 1 N–H and O–H groups in total. The Morgan fingerprint density at radius 3 is 2.83 bits per heavy atom. The van der Waals surface area contributed by atoms with Crippen LogP contribution in [0.4, 0.5) is 10.8 Å². The number of hydrogen-bond acceptors (Lipinski definition) is 8. The van der Waals surface area contributed by atoms with Gasteiger partial charge in [-0.1, -0.05) is 25.1 Å². The van der Waals surface area contributed by atoms with Crippen LogP contribution in [0, 0.1) is 5.41 Å². The number of hydrogen-bond donors (Lipinski definition) is 1. The second kappa shape index (κ2) is 7.76. The van der Waals surface area contributed by atoms with Gasteiger partial charge in [-0.3, -0.25) is 9.59 Å². The van der Waals surface area contributed by atoms with Crippen LogP contribution in [0.1, 0.15) is 38.8 Å². The van der Waals surface area contributed by atoms with Gasteiger partial charge in [0.1, 0.15) is 6.10 Å². The van der Waals surface area contributed by atoms with Crippen molar-refractivity contribution in [2.45, 2.75) is 44.8 Å². The largest absolute Gasteiger partial charge is 0.459 e. The molecule has 2 aliphatic rings. The molecule has 0 aliphatic carbocycles. The predicted molar refractivity (Wildman–Crippen MR) is 108 cm³/mol. The quantitative estimate of drug-likeness (QED) is 0.418. The molecule has 29 heavy (non-hydrogen) atoms. The molecule has 0 unspecified atom stereocenters. The molecule has 7 nitrogen and oxygen atoms in total. The van der Waals surface area contributed by atoms with Gasteiger partial charge in [0.2, 0.25) is 0 Å².